The van der Waals surface area contributed by atoms with E-state index in [1.54, 1.807) is 0 Å². The fourth-order valence-corrected chi connectivity index (χ4v) is 3.20. The number of rotatable bonds is 2. The molecule has 2 unspecified atom stereocenters. The van der Waals surface area contributed by atoms with Gasteiger partial charge in [-0.05, 0) is 32.6 Å². The summed E-state index contributed by atoms with van der Waals surface area (Å²) in [6.45, 7) is 8.44. The highest BCUT2D eigenvalue weighted by Gasteiger charge is 2.27. The summed E-state index contributed by atoms with van der Waals surface area (Å²) in [5, 5.41) is 3.51. The van der Waals surface area contributed by atoms with Gasteiger partial charge in [0.2, 0.25) is 0 Å². The average Bonchev–Trinajstić information content (AvgIpc) is 2.25. The highest BCUT2D eigenvalue weighted by molar-refractivity contribution is 4.84. The zero-order chi connectivity index (χ0) is 10.7. The van der Waals surface area contributed by atoms with Crippen LogP contribution in [-0.2, 0) is 0 Å². The van der Waals surface area contributed by atoms with Gasteiger partial charge in [-0.1, -0.05) is 19.3 Å². The number of nitrogens with zero attached hydrogens (tertiary/aromatic N) is 1. The summed E-state index contributed by atoms with van der Waals surface area (Å²) >= 11 is 0. The molecule has 0 radical (unpaired) electrons. The molecule has 2 heteroatoms. The molecule has 0 aromatic carbocycles. The van der Waals surface area contributed by atoms with E-state index in [1.807, 2.05) is 0 Å². The number of hydrogen-bond donors (Lipinski definition) is 1. The Hall–Kier alpha value is -0.0800. The molecule has 1 N–H and O–H groups in total. The molecule has 2 atom stereocenters. The van der Waals surface area contributed by atoms with Crippen molar-refractivity contribution < 1.29 is 0 Å². The molecule has 2 rings (SSSR count). The Morgan fingerprint density at radius 1 is 1.00 bits per heavy atom. The normalized spacial score (nSPS) is 35.6. The lowest BCUT2D eigenvalue weighted by molar-refractivity contribution is 0.0867. The van der Waals surface area contributed by atoms with Crippen LogP contribution >= 0.6 is 0 Å². The summed E-state index contributed by atoms with van der Waals surface area (Å²) in [5.74, 6) is 0.988. The first-order valence-corrected chi connectivity index (χ1v) is 6.74. The Bertz CT molecular complexity index is 177. The molecule has 2 fully saturated rings. The van der Waals surface area contributed by atoms with E-state index in [-0.39, 0.29) is 0 Å². The highest BCUT2D eigenvalue weighted by Crippen LogP contribution is 2.26. The molecule has 1 saturated heterocycles. The fraction of sp³-hybridized carbons (Fsp3) is 1.00. The standard InChI is InChI=1S/C13H26N2/c1-11-8-14-9-12(2)15(11)10-13-6-4-3-5-7-13/h11-14H,3-10H2,1-2H3. The summed E-state index contributed by atoms with van der Waals surface area (Å²) in [6.07, 6.45) is 7.37. The zero-order valence-electron chi connectivity index (χ0n) is 10.3. The van der Waals surface area contributed by atoms with Crippen LogP contribution in [-0.4, -0.2) is 36.6 Å². The van der Waals surface area contributed by atoms with Crippen LogP contribution in [0.15, 0.2) is 0 Å². The van der Waals surface area contributed by atoms with Crippen LogP contribution in [0.1, 0.15) is 46.0 Å². The van der Waals surface area contributed by atoms with Crippen molar-refractivity contribution in [2.45, 2.75) is 58.0 Å². The van der Waals surface area contributed by atoms with Crippen molar-refractivity contribution in [2.75, 3.05) is 19.6 Å². The number of nitrogens with one attached hydrogen (secondary N) is 1. The molecule has 0 aromatic heterocycles. The first-order chi connectivity index (χ1) is 7.27. The van der Waals surface area contributed by atoms with Gasteiger partial charge in [-0.2, -0.15) is 0 Å². The average molecular weight is 210 g/mol. The first-order valence-electron chi connectivity index (χ1n) is 6.74. The third-order valence-corrected chi connectivity index (χ3v) is 4.21. The van der Waals surface area contributed by atoms with Crippen LogP contribution in [0.4, 0.5) is 0 Å². The van der Waals surface area contributed by atoms with Crippen LogP contribution in [0.3, 0.4) is 0 Å². The molecular weight excluding hydrogens is 184 g/mol. The second kappa shape index (κ2) is 5.31. The lowest BCUT2D eigenvalue weighted by Crippen LogP contribution is -2.56. The maximum absolute atomic E-state index is 3.51. The summed E-state index contributed by atoms with van der Waals surface area (Å²) in [7, 11) is 0. The Kier molecular flexibility index (Phi) is 4.04. The van der Waals surface area contributed by atoms with Crippen LogP contribution in [0, 0.1) is 5.92 Å². The summed E-state index contributed by atoms with van der Waals surface area (Å²) < 4.78 is 0. The van der Waals surface area contributed by atoms with Gasteiger partial charge in [-0.25, -0.2) is 0 Å². The van der Waals surface area contributed by atoms with Gasteiger partial charge >= 0.3 is 0 Å². The molecular formula is C13H26N2. The van der Waals surface area contributed by atoms with Gasteiger partial charge in [0.1, 0.15) is 0 Å². The van der Waals surface area contributed by atoms with Gasteiger partial charge in [0.15, 0.2) is 0 Å². The second-order valence-electron chi connectivity index (χ2n) is 5.56. The van der Waals surface area contributed by atoms with Crippen molar-refractivity contribution in [1.82, 2.24) is 10.2 Å². The van der Waals surface area contributed by atoms with Crippen molar-refractivity contribution in [1.29, 1.82) is 0 Å². The van der Waals surface area contributed by atoms with Crippen molar-refractivity contribution in [3.8, 4) is 0 Å². The molecule has 0 spiro atoms. The summed E-state index contributed by atoms with van der Waals surface area (Å²) in [5.41, 5.74) is 0. The maximum Gasteiger partial charge on any atom is 0.0195 e. The predicted octanol–water partition coefficient (Wildman–Crippen LogP) is 2.25. The van der Waals surface area contributed by atoms with Crippen LogP contribution in [0.25, 0.3) is 0 Å². The monoisotopic (exact) mass is 210 g/mol. The van der Waals surface area contributed by atoms with E-state index in [1.165, 1.54) is 51.7 Å². The molecule has 0 aromatic rings. The van der Waals surface area contributed by atoms with E-state index in [0.717, 1.165) is 18.0 Å². The minimum Gasteiger partial charge on any atom is -0.314 e. The van der Waals surface area contributed by atoms with E-state index >= 15 is 0 Å². The topological polar surface area (TPSA) is 15.3 Å². The minimum atomic E-state index is 0.732. The van der Waals surface area contributed by atoms with Crippen molar-refractivity contribution in [3.05, 3.63) is 0 Å². The molecule has 1 saturated carbocycles. The number of piperazine rings is 1. The van der Waals surface area contributed by atoms with Crippen LogP contribution in [0.5, 0.6) is 0 Å². The molecule has 1 heterocycles. The van der Waals surface area contributed by atoms with Gasteiger partial charge in [0.25, 0.3) is 0 Å². The van der Waals surface area contributed by atoms with Gasteiger partial charge in [0, 0.05) is 31.7 Å². The zero-order valence-corrected chi connectivity index (χ0v) is 10.3. The van der Waals surface area contributed by atoms with E-state index in [0.29, 0.717) is 0 Å². The molecule has 88 valence electrons. The molecule has 1 aliphatic heterocycles. The smallest absolute Gasteiger partial charge is 0.0195 e. The predicted molar refractivity (Wildman–Crippen MR) is 65.1 cm³/mol. The SMILES string of the molecule is CC1CNCC(C)N1CC1CCCCC1. The van der Waals surface area contributed by atoms with Gasteiger partial charge in [-0.15, -0.1) is 0 Å². The summed E-state index contributed by atoms with van der Waals surface area (Å²) in [4.78, 5) is 2.73. The van der Waals surface area contributed by atoms with E-state index in [4.69, 9.17) is 0 Å². The maximum atomic E-state index is 3.51. The van der Waals surface area contributed by atoms with Crippen molar-refractivity contribution in [3.63, 3.8) is 0 Å². The van der Waals surface area contributed by atoms with Crippen molar-refractivity contribution in [2.24, 2.45) is 5.92 Å². The molecule has 0 amide bonds. The van der Waals surface area contributed by atoms with E-state index < -0.39 is 0 Å². The van der Waals surface area contributed by atoms with Gasteiger partial charge < -0.3 is 5.32 Å². The van der Waals surface area contributed by atoms with E-state index in [9.17, 15) is 0 Å². The van der Waals surface area contributed by atoms with Crippen molar-refractivity contribution >= 4 is 0 Å². The molecule has 0 bridgehead atoms. The third kappa shape index (κ3) is 2.94. The van der Waals surface area contributed by atoms with Gasteiger partial charge in [-0.3, -0.25) is 4.90 Å². The minimum absolute atomic E-state index is 0.732. The third-order valence-electron chi connectivity index (χ3n) is 4.21. The molecule has 15 heavy (non-hydrogen) atoms. The van der Waals surface area contributed by atoms with Crippen LogP contribution < -0.4 is 5.32 Å². The molecule has 2 nitrogen and oxygen atoms in total. The largest absolute Gasteiger partial charge is 0.314 e. The lowest BCUT2D eigenvalue weighted by atomic mass is 9.88. The van der Waals surface area contributed by atoms with Gasteiger partial charge in [0.05, 0.1) is 0 Å². The summed E-state index contributed by atoms with van der Waals surface area (Å²) in [6, 6.07) is 1.46. The molecule has 1 aliphatic carbocycles. The van der Waals surface area contributed by atoms with Crippen LogP contribution in [0.2, 0.25) is 0 Å². The lowest BCUT2D eigenvalue weighted by Gasteiger charge is -2.42. The fourth-order valence-electron chi connectivity index (χ4n) is 3.20. The first kappa shape index (κ1) is 11.4. The Labute approximate surface area is 94.4 Å². The molecule has 2 aliphatic rings. The highest BCUT2D eigenvalue weighted by atomic mass is 15.2. The quantitative estimate of drug-likeness (QED) is 0.752. The Balaban J connectivity index is 1.84. The Morgan fingerprint density at radius 3 is 2.20 bits per heavy atom. The second-order valence-corrected chi connectivity index (χ2v) is 5.56. The number of hydrogen-bond acceptors (Lipinski definition) is 2. The van der Waals surface area contributed by atoms with E-state index in [2.05, 4.69) is 24.1 Å². The Morgan fingerprint density at radius 2 is 1.60 bits per heavy atom.